The Morgan fingerprint density at radius 2 is 1.04 bits per heavy atom. The number of carbonyl (C=O) groups excluding carboxylic acids is 3. The number of aromatic nitrogens is 8. The van der Waals surface area contributed by atoms with E-state index in [9.17, 15) is 82.3 Å². The van der Waals surface area contributed by atoms with Gasteiger partial charge in [0.2, 0.25) is 0 Å². The molecule has 3 amide bonds. The molecule has 75 heavy (non-hydrogen) atoms. The molecule has 0 radical (unpaired) electrons. The van der Waals surface area contributed by atoms with E-state index in [0.717, 1.165) is 42.4 Å². The van der Waals surface area contributed by atoms with E-state index in [1.165, 1.54) is 42.5 Å². The lowest BCUT2D eigenvalue weighted by Crippen LogP contribution is -2.29. The Morgan fingerprint density at radius 3 is 1.37 bits per heavy atom. The van der Waals surface area contributed by atoms with Crippen LogP contribution in [0.25, 0.3) is 0 Å². The van der Waals surface area contributed by atoms with Gasteiger partial charge in [-0.05, 0) is 71.3 Å². The molecule has 29 nitrogen and oxygen atoms in total. The van der Waals surface area contributed by atoms with Crippen LogP contribution in [0, 0.1) is 0 Å². The molecule has 10 rings (SSSR count). The maximum absolute atomic E-state index is 12.5. The number of nitrogens with zero attached hydrogens (tertiary/aromatic N) is 8. The van der Waals surface area contributed by atoms with Crippen molar-refractivity contribution in [3.63, 3.8) is 0 Å². The lowest BCUT2D eigenvalue weighted by atomic mass is 10.1. The van der Waals surface area contributed by atoms with Gasteiger partial charge in [0.05, 0.1) is 30.2 Å². The molecular formula is C39H37F3N14O15S4. The number of anilines is 3. The highest BCUT2D eigenvalue weighted by atomic mass is 32.2. The minimum absolute atomic E-state index is 0.0617. The van der Waals surface area contributed by atoms with Gasteiger partial charge in [-0.2, -0.15) is 53.7 Å². The van der Waals surface area contributed by atoms with Crippen LogP contribution < -0.4 is 38.2 Å². The van der Waals surface area contributed by atoms with Crippen molar-refractivity contribution in [3.8, 4) is 17.2 Å². The topological polar surface area (TPSA) is 413 Å². The number of halogens is 3. The van der Waals surface area contributed by atoms with E-state index in [-0.39, 0.29) is 48.2 Å². The molecule has 0 aliphatic carbocycles. The second-order valence-corrected chi connectivity index (χ2v) is 21.3. The molecule has 398 valence electrons. The number of hydrogen-bond donors (Lipinski definition) is 9. The van der Waals surface area contributed by atoms with Gasteiger partial charge in [0, 0.05) is 36.9 Å². The van der Waals surface area contributed by atoms with Crippen LogP contribution in [0.3, 0.4) is 0 Å². The monoisotopic (exact) mass is 1130 g/mol. The van der Waals surface area contributed by atoms with Crippen LogP contribution in [-0.4, -0.2) is 121 Å². The van der Waals surface area contributed by atoms with E-state index >= 15 is 0 Å². The number of carbonyl (C=O) groups is 3. The molecule has 0 spiro atoms. The average molecular weight is 1130 g/mol. The van der Waals surface area contributed by atoms with Gasteiger partial charge < -0.3 is 19.9 Å². The Morgan fingerprint density at radius 1 is 0.600 bits per heavy atom. The lowest BCUT2D eigenvalue weighted by Gasteiger charge is -2.16. The number of phenols is 3. The van der Waals surface area contributed by atoms with E-state index in [1.54, 1.807) is 52.3 Å². The maximum atomic E-state index is 12.5. The summed E-state index contributed by atoms with van der Waals surface area (Å²) >= 11 is -1.68. The number of nitrogens with one attached hydrogen (secondary N) is 6. The Bertz CT molecular complexity index is 3570. The first-order chi connectivity index (χ1) is 35.2. The molecule has 36 heteroatoms. The third-order valence-corrected chi connectivity index (χ3v) is 15.0. The standard InChI is InChI=1S/C13H11F3N4O4S.2C12H12N4O4S.C2H2N2O3S/c14-13(15,16)11-3-4-19(17-11)6-8-1-2-9(10(21)5-8)20-7-12(22)18-25(20,23)24;17-11-6-9(7-15-5-1-4-13-15)2-3-10(11)16-8-12(18)14-21(16,19)20;17-11-6-8(5-9-3-4-13-14-9)1-2-10(11)16-7-12(18)15-21(16,19)20;5-1-2(6)4-8(7)3-1/h1-5,21H,6-7H2,(H,18,22);1-6,17H,7-8H2,(H,14,18);1-4,6,17H,5,7H2,(H,13,14)(H,15,18);(H,3,5)(H,4,6). The third-order valence-electron chi connectivity index (χ3n) is 10.1. The molecule has 7 heterocycles. The molecule has 4 aromatic heterocycles. The van der Waals surface area contributed by atoms with Crippen molar-refractivity contribution < 1.29 is 72.7 Å². The van der Waals surface area contributed by atoms with Crippen LogP contribution in [0.5, 0.6) is 17.2 Å². The zero-order valence-corrected chi connectivity index (χ0v) is 40.8. The molecule has 9 N–H and O–H groups in total. The van der Waals surface area contributed by atoms with Crippen molar-refractivity contribution in [3.05, 3.63) is 146 Å². The summed E-state index contributed by atoms with van der Waals surface area (Å²) in [5, 5.41) is 44.1. The van der Waals surface area contributed by atoms with E-state index in [2.05, 4.69) is 20.4 Å². The fourth-order valence-corrected chi connectivity index (χ4v) is 11.0. The molecular weight excluding hydrogens is 1090 g/mol. The van der Waals surface area contributed by atoms with E-state index < -0.39 is 94.8 Å². The number of phenolic OH excluding ortho intramolecular Hbond substituents is 3. The SMILES string of the molecule is O=C1CN(c2ccc(Cc3ccn[nH]3)cc2O)S(=O)(=O)N1.O=C1CN(c2ccc(Cn3ccc(C(F)(F)F)n3)cc2O)S(=O)(=O)N1.O=C1CN(c2ccc(Cn3cccn3)cc2O)S(=O)(=O)N1.O=c1[nH][s+]([O-])[nH]c1=O. The molecule has 0 bridgehead atoms. The Kier molecular flexibility index (Phi) is 15.4. The number of alkyl halides is 3. The smallest absolute Gasteiger partial charge is 0.435 e. The van der Waals surface area contributed by atoms with E-state index in [0.29, 0.717) is 22.8 Å². The van der Waals surface area contributed by atoms with Crippen LogP contribution in [0.1, 0.15) is 28.1 Å². The zero-order valence-electron chi connectivity index (χ0n) is 37.6. The van der Waals surface area contributed by atoms with Crippen molar-refractivity contribution in [1.29, 1.82) is 0 Å². The van der Waals surface area contributed by atoms with Gasteiger partial charge in [0.25, 0.3) is 17.7 Å². The molecule has 3 aliphatic heterocycles. The summed E-state index contributed by atoms with van der Waals surface area (Å²) in [6.07, 6.45) is 2.15. The highest BCUT2D eigenvalue weighted by molar-refractivity contribution is 7.92. The van der Waals surface area contributed by atoms with Crippen LogP contribution in [-0.2, 0) is 70.7 Å². The minimum atomic E-state index is -4.55. The van der Waals surface area contributed by atoms with Gasteiger partial charge in [-0.15, -0.1) is 8.75 Å². The summed E-state index contributed by atoms with van der Waals surface area (Å²) in [4.78, 5) is 53.8. The minimum Gasteiger partial charge on any atom is -0.549 e. The van der Waals surface area contributed by atoms with Crippen LogP contribution >= 0.6 is 11.1 Å². The number of amides is 3. The van der Waals surface area contributed by atoms with Gasteiger partial charge in [0.15, 0.2) is 5.69 Å². The first kappa shape index (κ1) is 54.0. The molecule has 3 saturated heterocycles. The summed E-state index contributed by atoms with van der Waals surface area (Å²) in [6.45, 7) is -0.758. The second kappa shape index (κ2) is 21.4. The summed E-state index contributed by atoms with van der Waals surface area (Å²) in [7, 11) is -11.9. The van der Waals surface area contributed by atoms with Crippen LogP contribution in [0.4, 0.5) is 30.2 Å². The number of hydrogen-bond acceptors (Lipinski definition) is 18. The quantitative estimate of drug-likeness (QED) is 0.0639. The number of rotatable bonds is 9. The summed E-state index contributed by atoms with van der Waals surface area (Å²) in [6, 6.07) is 17.5. The predicted octanol–water partition coefficient (Wildman–Crippen LogP) is -0.667. The molecule has 3 fully saturated rings. The van der Waals surface area contributed by atoms with Gasteiger partial charge in [-0.3, -0.25) is 38.4 Å². The first-order valence-electron chi connectivity index (χ1n) is 20.7. The predicted molar refractivity (Wildman–Crippen MR) is 253 cm³/mol. The van der Waals surface area contributed by atoms with Crippen molar-refractivity contribution in [2.45, 2.75) is 25.7 Å². The number of aromatic amines is 3. The summed E-state index contributed by atoms with van der Waals surface area (Å²) < 4.78 is 132. The molecule has 0 unspecified atom stereocenters. The number of aromatic hydroxyl groups is 3. The van der Waals surface area contributed by atoms with Crippen LogP contribution in [0.15, 0.2) is 107 Å². The average Bonchev–Trinajstić information content (AvgIpc) is 4.19. The normalized spacial score (nSPS) is 16.2. The Hall–Kier alpha value is -8.74. The molecule has 3 aliphatic rings. The van der Waals surface area contributed by atoms with Gasteiger partial charge in [0.1, 0.15) is 48.0 Å². The third kappa shape index (κ3) is 13.3. The van der Waals surface area contributed by atoms with Crippen molar-refractivity contribution in [2.24, 2.45) is 0 Å². The Balaban J connectivity index is 0.000000153. The second-order valence-electron chi connectivity index (χ2n) is 15.6. The Labute approximate surface area is 422 Å². The maximum Gasteiger partial charge on any atom is 0.435 e. The largest absolute Gasteiger partial charge is 0.549 e. The number of benzene rings is 3. The van der Waals surface area contributed by atoms with Crippen molar-refractivity contribution in [2.75, 3.05) is 32.5 Å². The zero-order chi connectivity index (χ0) is 54.6. The van der Waals surface area contributed by atoms with Crippen molar-refractivity contribution in [1.82, 2.24) is 52.7 Å². The molecule has 0 atom stereocenters. The highest BCUT2D eigenvalue weighted by Gasteiger charge is 2.38. The van der Waals surface area contributed by atoms with Gasteiger partial charge in [-0.1, -0.05) is 18.2 Å². The van der Waals surface area contributed by atoms with Gasteiger partial charge >= 0.3 is 47.9 Å². The molecule has 3 aromatic carbocycles. The number of H-pyrrole nitrogens is 3. The summed E-state index contributed by atoms with van der Waals surface area (Å²) in [5.74, 6) is -2.83. The van der Waals surface area contributed by atoms with E-state index in [4.69, 9.17) is 0 Å². The fourth-order valence-electron chi connectivity index (χ4n) is 6.89. The van der Waals surface area contributed by atoms with E-state index in [1.807, 2.05) is 18.2 Å². The first-order valence-corrected chi connectivity index (χ1v) is 26.2. The van der Waals surface area contributed by atoms with Crippen LogP contribution in [0.2, 0.25) is 0 Å². The molecule has 7 aromatic rings. The highest BCUT2D eigenvalue weighted by Crippen LogP contribution is 2.34. The fraction of sp³-hybridized carbons (Fsp3) is 0.179. The lowest BCUT2D eigenvalue weighted by molar-refractivity contribution is -0.141. The summed E-state index contributed by atoms with van der Waals surface area (Å²) in [5.41, 5.74) is 0.111. The van der Waals surface area contributed by atoms with Crippen molar-refractivity contribution >= 4 is 76.6 Å². The molecule has 0 saturated carbocycles. The van der Waals surface area contributed by atoms with Gasteiger partial charge in [-0.25, -0.2) is 27.1 Å².